The van der Waals surface area contributed by atoms with Crippen LogP contribution in [0.25, 0.3) is 6.08 Å². The molecule has 208 valence electrons. The lowest BCUT2D eigenvalue weighted by Crippen LogP contribution is -2.51. The molecule has 7 rings (SSSR count). The summed E-state index contributed by atoms with van der Waals surface area (Å²) < 4.78 is 10.8. The molecule has 4 atom stereocenters. The highest BCUT2D eigenvalue weighted by molar-refractivity contribution is 6.18. The second kappa shape index (κ2) is 9.73. The molecule has 0 radical (unpaired) electrons. The Bertz CT molecular complexity index is 1780. The number of nitrogens with zero attached hydrogens (tertiary/aromatic N) is 1. The van der Waals surface area contributed by atoms with Crippen LogP contribution in [0.15, 0.2) is 103 Å². The van der Waals surface area contributed by atoms with Crippen LogP contribution in [0.5, 0.6) is 11.5 Å². The Hall–Kier alpha value is -5.17. The lowest BCUT2D eigenvalue weighted by atomic mass is 9.64. The molecule has 3 aliphatic heterocycles. The molecule has 3 aliphatic rings. The highest BCUT2D eigenvalue weighted by Gasteiger charge is 2.70. The maximum Gasteiger partial charge on any atom is 0.238 e. The first-order chi connectivity index (χ1) is 20.5. The molecular formula is C35H28N2O5. The number of anilines is 2. The van der Waals surface area contributed by atoms with Crippen molar-refractivity contribution in [3.05, 3.63) is 125 Å². The summed E-state index contributed by atoms with van der Waals surface area (Å²) in [5, 5.41) is 3.06. The molecule has 42 heavy (non-hydrogen) atoms. The van der Waals surface area contributed by atoms with Crippen molar-refractivity contribution in [2.45, 2.75) is 17.5 Å². The topological polar surface area (TPSA) is 84.9 Å². The lowest BCUT2D eigenvalue weighted by molar-refractivity contribution is -0.121. The van der Waals surface area contributed by atoms with Crippen LogP contribution in [0.2, 0.25) is 0 Å². The Labute approximate surface area is 243 Å². The van der Waals surface area contributed by atoms with Gasteiger partial charge in [-0.15, -0.1) is 0 Å². The SMILES string of the molecule is COc1ccc(C(=O)[C@@H]2[C@@H](C(=O)c3cccc(OC)c3)N3c4ccccc4C=C[C@@H]3[C@]23C(=O)Nc2ccccc23)cc1. The number of carbonyl (C=O) groups is 3. The van der Waals surface area contributed by atoms with Gasteiger partial charge in [-0.2, -0.15) is 0 Å². The predicted octanol–water partition coefficient (Wildman–Crippen LogP) is 5.56. The van der Waals surface area contributed by atoms with Crippen molar-refractivity contribution >= 4 is 34.9 Å². The number of amides is 1. The average molecular weight is 557 g/mol. The zero-order valence-electron chi connectivity index (χ0n) is 23.1. The van der Waals surface area contributed by atoms with E-state index in [-0.39, 0.29) is 17.5 Å². The molecule has 1 saturated heterocycles. The number of para-hydroxylation sites is 2. The first-order valence-electron chi connectivity index (χ1n) is 13.8. The summed E-state index contributed by atoms with van der Waals surface area (Å²) in [6.45, 7) is 0. The van der Waals surface area contributed by atoms with E-state index < -0.39 is 23.4 Å². The van der Waals surface area contributed by atoms with Crippen LogP contribution in [0, 0.1) is 5.92 Å². The molecule has 0 unspecified atom stereocenters. The van der Waals surface area contributed by atoms with Gasteiger partial charge in [0.15, 0.2) is 11.6 Å². The second-order valence-electron chi connectivity index (χ2n) is 10.8. The largest absolute Gasteiger partial charge is 0.497 e. The van der Waals surface area contributed by atoms with Gasteiger partial charge in [-0.1, -0.05) is 60.7 Å². The van der Waals surface area contributed by atoms with Crippen molar-refractivity contribution in [2.24, 2.45) is 5.92 Å². The number of fused-ring (bicyclic) bond motifs is 6. The Balaban J connectivity index is 1.52. The van der Waals surface area contributed by atoms with Gasteiger partial charge in [-0.05, 0) is 59.7 Å². The highest BCUT2D eigenvalue weighted by atomic mass is 16.5. The van der Waals surface area contributed by atoms with E-state index in [1.54, 1.807) is 62.8 Å². The summed E-state index contributed by atoms with van der Waals surface area (Å²) >= 11 is 0. The van der Waals surface area contributed by atoms with Gasteiger partial charge in [0.25, 0.3) is 0 Å². The van der Waals surface area contributed by atoms with Gasteiger partial charge >= 0.3 is 0 Å². The smallest absolute Gasteiger partial charge is 0.238 e. The molecule has 1 spiro atoms. The third-order valence-corrected chi connectivity index (χ3v) is 8.82. The molecule has 0 aliphatic carbocycles. The summed E-state index contributed by atoms with van der Waals surface area (Å²) in [6, 6.07) is 27.4. The van der Waals surface area contributed by atoms with Crippen LogP contribution in [-0.4, -0.2) is 43.8 Å². The highest BCUT2D eigenvalue weighted by Crippen LogP contribution is 2.58. The fourth-order valence-corrected chi connectivity index (χ4v) is 7.00. The number of rotatable bonds is 6. The van der Waals surface area contributed by atoms with E-state index in [0.717, 1.165) is 11.3 Å². The second-order valence-corrected chi connectivity index (χ2v) is 10.8. The quantitative estimate of drug-likeness (QED) is 0.313. The molecule has 3 heterocycles. The first-order valence-corrected chi connectivity index (χ1v) is 13.8. The summed E-state index contributed by atoms with van der Waals surface area (Å²) in [4.78, 5) is 46.0. The van der Waals surface area contributed by atoms with Crippen molar-refractivity contribution < 1.29 is 23.9 Å². The zero-order valence-corrected chi connectivity index (χ0v) is 23.1. The number of benzene rings is 4. The minimum absolute atomic E-state index is 0.259. The molecule has 4 aromatic rings. The maximum atomic E-state index is 14.8. The van der Waals surface area contributed by atoms with Crippen LogP contribution in [-0.2, 0) is 10.2 Å². The third kappa shape index (κ3) is 3.56. The monoisotopic (exact) mass is 556 g/mol. The van der Waals surface area contributed by atoms with E-state index in [4.69, 9.17) is 9.47 Å². The predicted molar refractivity (Wildman–Crippen MR) is 160 cm³/mol. The molecule has 7 nitrogen and oxygen atoms in total. The van der Waals surface area contributed by atoms with Gasteiger partial charge < -0.3 is 19.7 Å². The molecule has 0 aromatic heterocycles. The minimum Gasteiger partial charge on any atom is -0.497 e. The number of carbonyl (C=O) groups excluding carboxylic acids is 3. The molecule has 1 fully saturated rings. The van der Waals surface area contributed by atoms with Crippen LogP contribution >= 0.6 is 0 Å². The van der Waals surface area contributed by atoms with E-state index >= 15 is 0 Å². The van der Waals surface area contributed by atoms with E-state index in [9.17, 15) is 14.4 Å². The Morgan fingerprint density at radius 1 is 0.786 bits per heavy atom. The zero-order chi connectivity index (χ0) is 29.0. The molecule has 4 aromatic carbocycles. The normalized spacial score (nSPS) is 23.1. The molecule has 1 N–H and O–H groups in total. The molecule has 1 amide bonds. The van der Waals surface area contributed by atoms with Crippen molar-refractivity contribution in [1.29, 1.82) is 0 Å². The van der Waals surface area contributed by atoms with Gasteiger partial charge in [0.1, 0.15) is 23.0 Å². The Morgan fingerprint density at radius 2 is 1.52 bits per heavy atom. The first kappa shape index (κ1) is 25.8. The fourth-order valence-electron chi connectivity index (χ4n) is 7.00. The van der Waals surface area contributed by atoms with Gasteiger partial charge in [-0.25, -0.2) is 0 Å². The minimum atomic E-state index is -1.36. The molecule has 0 bridgehead atoms. The van der Waals surface area contributed by atoms with Gasteiger partial charge in [0.2, 0.25) is 5.91 Å². The van der Waals surface area contributed by atoms with Gasteiger partial charge in [0.05, 0.1) is 26.2 Å². The molecule has 0 saturated carbocycles. The number of hydrogen-bond donors (Lipinski definition) is 1. The Kier molecular flexibility index (Phi) is 5.97. The van der Waals surface area contributed by atoms with Crippen molar-refractivity contribution in [3.8, 4) is 11.5 Å². The lowest BCUT2D eigenvalue weighted by Gasteiger charge is -2.37. The summed E-state index contributed by atoms with van der Waals surface area (Å²) in [6.07, 6.45) is 3.96. The number of nitrogens with one attached hydrogen (secondary N) is 1. The standard InChI is InChI=1S/C35H28N2O5/c1-41-24-17-14-22(15-18-24)32(38)30-31(33(39)23-9-7-10-25(20-23)42-2)37-28-13-6-3-8-21(28)16-19-29(37)35(30)26-11-4-5-12-27(26)36-34(35)40/h3-20,29-31H,1-2H3,(H,36,40)/t29-,30+,31+,35+/m1/s1. The van der Waals surface area contributed by atoms with Crippen molar-refractivity contribution in [3.63, 3.8) is 0 Å². The third-order valence-electron chi connectivity index (χ3n) is 8.82. The van der Waals surface area contributed by atoms with E-state index in [0.29, 0.717) is 33.9 Å². The average Bonchev–Trinajstić information content (AvgIpc) is 3.52. The molecule has 7 heteroatoms. The van der Waals surface area contributed by atoms with Crippen LogP contribution < -0.4 is 19.7 Å². The fraction of sp³-hybridized carbons (Fsp3) is 0.171. The van der Waals surface area contributed by atoms with Crippen LogP contribution in [0.4, 0.5) is 11.4 Å². The summed E-state index contributed by atoms with van der Waals surface area (Å²) in [5.74, 6) is -0.749. The maximum absolute atomic E-state index is 14.8. The van der Waals surface area contributed by atoms with Crippen LogP contribution in [0.3, 0.4) is 0 Å². The number of methoxy groups -OCH3 is 2. The number of ketones is 2. The number of Topliss-reactive ketones (excluding diaryl/α,β-unsaturated/α-hetero) is 2. The van der Waals surface area contributed by atoms with Gasteiger partial charge in [0, 0.05) is 22.5 Å². The molecular weight excluding hydrogens is 528 g/mol. The summed E-state index contributed by atoms with van der Waals surface area (Å²) in [7, 11) is 3.11. The van der Waals surface area contributed by atoms with E-state index in [1.165, 1.54) is 0 Å². The van der Waals surface area contributed by atoms with Gasteiger partial charge in [-0.3, -0.25) is 14.4 Å². The van der Waals surface area contributed by atoms with E-state index in [1.807, 2.05) is 65.6 Å². The number of hydrogen-bond acceptors (Lipinski definition) is 6. The Morgan fingerprint density at radius 3 is 2.31 bits per heavy atom. The van der Waals surface area contributed by atoms with Crippen LogP contribution in [0.1, 0.15) is 31.8 Å². The summed E-state index contributed by atoms with van der Waals surface area (Å²) in [5.41, 5.74) is 2.51. The van der Waals surface area contributed by atoms with Crippen molar-refractivity contribution in [2.75, 3.05) is 24.4 Å². The van der Waals surface area contributed by atoms with E-state index in [2.05, 4.69) is 5.32 Å². The number of ether oxygens (including phenoxy) is 2. The van der Waals surface area contributed by atoms with Crippen molar-refractivity contribution in [1.82, 2.24) is 0 Å².